The van der Waals surface area contributed by atoms with Gasteiger partial charge in [-0.05, 0) is 37.9 Å². The lowest BCUT2D eigenvalue weighted by Gasteiger charge is -2.31. The summed E-state index contributed by atoms with van der Waals surface area (Å²) in [5.74, 6) is 0.703. The van der Waals surface area contributed by atoms with Crippen molar-refractivity contribution in [3.05, 3.63) is 35.2 Å². The molecular weight excluding hydrogens is 543 g/mol. The topological polar surface area (TPSA) is 118 Å². The van der Waals surface area contributed by atoms with E-state index in [0.29, 0.717) is 28.5 Å². The number of fused-ring (bicyclic) bond motifs is 1. The van der Waals surface area contributed by atoms with Gasteiger partial charge in [-0.15, -0.1) is 11.3 Å². The minimum Gasteiger partial charge on any atom is -0.493 e. The van der Waals surface area contributed by atoms with E-state index in [1.54, 1.807) is 18.5 Å². The van der Waals surface area contributed by atoms with Crippen molar-refractivity contribution in [1.29, 1.82) is 0 Å². The molecule has 0 saturated carbocycles. The Morgan fingerprint density at radius 2 is 2.00 bits per heavy atom. The first kappa shape index (κ1) is 26.6. The Morgan fingerprint density at radius 3 is 2.68 bits per heavy atom. The summed E-state index contributed by atoms with van der Waals surface area (Å²) in [5, 5.41) is 11.5. The molecule has 0 atom stereocenters. The van der Waals surface area contributed by atoms with E-state index in [1.807, 2.05) is 0 Å². The zero-order valence-electron chi connectivity index (χ0n) is 20.7. The predicted octanol–water partition coefficient (Wildman–Crippen LogP) is 3.58. The molecule has 38 heavy (non-hydrogen) atoms. The Morgan fingerprint density at radius 1 is 1.24 bits per heavy atom. The molecule has 4 aromatic rings. The molecule has 5 rings (SSSR count). The number of alkyl halides is 3. The third kappa shape index (κ3) is 5.83. The molecule has 0 bridgehead atoms. The lowest BCUT2D eigenvalue weighted by molar-refractivity contribution is -0.127. The fourth-order valence-corrected chi connectivity index (χ4v) is 6.35. The van der Waals surface area contributed by atoms with E-state index < -0.39 is 22.4 Å². The predicted molar refractivity (Wildman–Crippen MR) is 136 cm³/mol. The van der Waals surface area contributed by atoms with E-state index in [0.717, 1.165) is 30.8 Å². The maximum absolute atomic E-state index is 13.7. The molecule has 5 heterocycles. The molecule has 1 aliphatic heterocycles. The van der Waals surface area contributed by atoms with Crippen molar-refractivity contribution in [1.82, 2.24) is 34.7 Å². The van der Waals surface area contributed by atoms with Gasteiger partial charge >= 0.3 is 6.18 Å². The largest absolute Gasteiger partial charge is 0.493 e. The highest BCUT2D eigenvalue weighted by atomic mass is 32.2. The molecule has 1 aliphatic rings. The quantitative estimate of drug-likeness (QED) is 0.342. The SMILES string of the molecule is COc1cc(-c2[nH]nc(-c3ncc(C4CCN(CCS(C)(=O)=O)CC4)s3)c2CC(F)(F)F)cn2ncnc12. The summed E-state index contributed by atoms with van der Waals surface area (Å²) in [6.07, 6.45) is 1.86. The number of pyridine rings is 1. The number of hydrogen-bond acceptors (Lipinski definition) is 9. The highest BCUT2D eigenvalue weighted by Gasteiger charge is 2.34. The van der Waals surface area contributed by atoms with Gasteiger partial charge in [0.25, 0.3) is 0 Å². The van der Waals surface area contributed by atoms with Crippen LogP contribution < -0.4 is 4.74 Å². The van der Waals surface area contributed by atoms with Crippen molar-refractivity contribution in [2.24, 2.45) is 0 Å². The first-order valence-corrected chi connectivity index (χ1v) is 14.8. The number of halogens is 3. The van der Waals surface area contributed by atoms with E-state index in [2.05, 4.69) is 30.2 Å². The first-order chi connectivity index (χ1) is 18.0. The molecule has 0 amide bonds. The van der Waals surface area contributed by atoms with Crippen molar-refractivity contribution in [3.63, 3.8) is 0 Å². The summed E-state index contributed by atoms with van der Waals surface area (Å²) < 4.78 is 70.7. The molecule has 0 radical (unpaired) electrons. The number of aromatic amines is 1. The number of H-pyrrole nitrogens is 1. The molecule has 1 N–H and O–H groups in total. The van der Waals surface area contributed by atoms with Crippen LogP contribution in [0.2, 0.25) is 0 Å². The number of rotatable bonds is 8. The van der Waals surface area contributed by atoms with Crippen molar-refractivity contribution in [3.8, 4) is 27.7 Å². The second-order valence-electron chi connectivity index (χ2n) is 9.36. The Balaban J connectivity index is 1.41. The molecule has 204 valence electrons. The van der Waals surface area contributed by atoms with Crippen molar-refractivity contribution in [2.75, 3.05) is 38.8 Å². The number of ether oxygens (including phenoxy) is 1. The molecule has 1 saturated heterocycles. The number of sulfone groups is 1. The minimum atomic E-state index is -4.46. The summed E-state index contributed by atoms with van der Waals surface area (Å²) >= 11 is 1.34. The van der Waals surface area contributed by atoms with E-state index in [9.17, 15) is 21.6 Å². The summed E-state index contributed by atoms with van der Waals surface area (Å²) in [4.78, 5) is 11.7. The van der Waals surface area contributed by atoms with Gasteiger partial charge in [-0.3, -0.25) is 5.10 Å². The van der Waals surface area contributed by atoms with Crippen LogP contribution in [0.1, 0.15) is 29.2 Å². The van der Waals surface area contributed by atoms with Crippen LogP contribution in [0.5, 0.6) is 5.75 Å². The second-order valence-corrected chi connectivity index (χ2v) is 12.7. The van der Waals surface area contributed by atoms with Crippen LogP contribution in [-0.4, -0.2) is 88.0 Å². The van der Waals surface area contributed by atoms with Crippen LogP contribution in [0.25, 0.3) is 27.6 Å². The van der Waals surface area contributed by atoms with Gasteiger partial charge in [0.2, 0.25) is 0 Å². The van der Waals surface area contributed by atoms with Crippen molar-refractivity contribution in [2.45, 2.75) is 31.4 Å². The van der Waals surface area contributed by atoms with E-state index in [1.165, 1.54) is 35.5 Å². The van der Waals surface area contributed by atoms with Gasteiger partial charge in [0.1, 0.15) is 26.9 Å². The summed E-state index contributed by atoms with van der Waals surface area (Å²) in [6.45, 7) is 2.01. The van der Waals surface area contributed by atoms with Gasteiger partial charge in [0.15, 0.2) is 11.4 Å². The van der Waals surface area contributed by atoms with Gasteiger partial charge in [0, 0.05) is 41.2 Å². The van der Waals surface area contributed by atoms with Crippen molar-refractivity contribution >= 4 is 26.8 Å². The second kappa shape index (κ2) is 10.3. The molecular formula is C23H26F3N7O3S2. The molecule has 4 aromatic heterocycles. The zero-order chi connectivity index (χ0) is 27.1. The van der Waals surface area contributed by atoms with Gasteiger partial charge in [-0.2, -0.15) is 23.4 Å². The molecule has 15 heteroatoms. The smallest absolute Gasteiger partial charge is 0.393 e. The molecule has 0 spiro atoms. The number of methoxy groups -OCH3 is 1. The van der Waals surface area contributed by atoms with E-state index in [4.69, 9.17) is 4.74 Å². The normalized spacial score (nSPS) is 15.9. The fourth-order valence-electron chi connectivity index (χ4n) is 4.66. The monoisotopic (exact) mass is 569 g/mol. The van der Waals surface area contributed by atoms with Crippen LogP contribution in [0.3, 0.4) is 0 Å². The summed E-state index contributed by atoms with van der Waals surface area (Å²) in [7, 11) is -1.56. The van der Waals surface area contributed by atoms with Crippen LogP contribution in [0.4, 0.5) is 13.2 Å². The average molecular weight is 570 g/mol. The number of aromatic nitrogens is 6. The molecule has 0 unspecified atom stereocenters. The van der Waals surface area contributed by atoms with Crippen LogP contribution in [-0.2, 0) is 16.3 Å². The summed E-state index contributed by atoms with van der Waals surface area (Å²) in [6, 6.07) is 1.60. The van der Waals surface area contributed by atoms with E-state index in [-0.39, 0.29) is 28.6 Å². The van der Waals surface area contributed by atoms with Gasteiger partial charge in [-0.1, -0.05) is 0 Å². The number of nitrogens with zero attached hydrogens (tertiary/aromatic N) is 6. The van der Waals surface area contributed by atoms with Crippen LogP contribution in [0.15, 0.2) is 24.8 Å². The summed E-state index contributed by atoms with van der Waals surface area (Å²) in [5.41, 5.74) is 1.24. The number of nitrogens with one attached hydrogen (secondary N) is 1. The Kier molecular flexibility index (Phi) is 7.17. The fraction of sp³-hybridized carbons (Fsp3) is 0.478. The third-order valence-corrected chi connectivity index (χ3v) is 8.68. The maximum Gasteiger partial charge on any atom is 0.393 e. The Labute approximate surface area is 220 Å². The molecule has 10 nitrogen and oxygen atoms in total. The average Bonchev–Trinajstić information content (AvgIpc) is 3.60. The molecule has 0 aromatic carbocycles. The Bertz CT molecular complexity index is 1540. The maximum atomic E-state index is 13.7. The van der Waals surface area contributed by atoms with Gasteiger partial charge < -0.3 is 9.64 Å². The first-order valence-electron chi connectivity index (χ1n) is 11.9. The Hall–Kier alpha value is -3.04. The molecule has 1 fully saturated rings. The zero-order valence-corrected chi connectivity index (χ0v) is 22.3. The van der Waals surface area contributed by atoms with Crippen molar-refractivity contribution < 1.29 is 26.3 Å². The molecule has 0 aliphatic carbocycles. The van der Waals surface area contributed by atoms with Gasteiger partial charge in [-0.25, -0.2) is 22.9 Å². The highest BCUT2D eigenvalue weighted by molar-refractivity contribution is 7.90. The number of piperidine rings is 1. The van der Waals surface area contributed by atoms with E-state index >= 15 is 0 Å². The highest BCUT2D eigenvalue weighted by Crippen LogP contribution is 2.40. The van der Waals surface area contributed by atoms with Gasteiger partial charge in [0.05, 0.1) is 25.0 Å². The number of hydrogen-bond donors (Lipinski definition) is 1. The standard InChI is InChI=1S/C23H26F3N7O3S2/c1-36-17-9-15(12-33-21(17)28-13-29-33)19-16(10-23(24,25)26)20(31-30-19)22-27-11-18(37-22)14-3-5-32(6-4-14)7-8-38(2,34)35/h9,11-14H,3-8,10H2,1-2H3,(H,30,31). The number of thiazole rings is 1. The van der Waals surface area contributed by atoms with Crippen LogP contribution in [0, 0.1) is 0 Å². The lowest BCUT2D eigenvalue weighted by atomic mass is 9.96. The number of likely N-dealkylation sites (tertiary alicyclic amines) is 1. The minimum absolute atomic E-state index is 0.00415. The van der Waals surface area contributed by atoms with Crippen LogP contribution >= 0.6 is 11.3 Å². The third-order valence-electron chi connectivity index (χ3n) is 6.59. The lowest BCUT2D eigenvalue weighted by Crippen LogP contribution is -2.36.